The molecule has 2 fully saturated rings. The number of nitriles is 1. The lowest BCUT2D eigenvalue weighted by molar-refractivity contribution is -0.134. The fraction of sp³-hybridized carbons (Fsp3) is 0.625. The zero-order chi connectivity index (χ0) is 16.2. The summed E-state index contributed by atoms with van der Waals surface area (Å²) < 4.78 is 0. The number of hydrogen-bond acceptors (Lipinski definition) is 6. The number of rotatable bonds is 3. The fourth-order valence-corrected chi connectivity index (χ4v) is 4.39. The molecular formula is C16H21N5OS. The van der Waals surface area contributed by atoms with Crippen LogP contribution in [0.15, 0.2) is 11.4 Å². The maximum Gasteiger partial charge on any atom is 0.233 e. The zero-order valence-corrected chi connectivity index (χ0v) is 13.9. The van der Waals surface area contributed by atoms with Crippen LogP contribution in [-0.4, -0.2) is 39.1 Å². The van der Waals surface area contributed by atoms with Gasteiger partial charge in [-0.15, -0.1) is 0 Å². The molecular weight excluding hydrogens is 310 g/mol. The molecule has 0 unspecified atom stereocenters. The van der Waals surface area contributed by atoms with Gasteiger partial charge in [0.25, 0.3) is 0 Å². The number of fused-ring (bicyclic) bond motifs is 1. The number of thioether (sulfide) groups is 1. The van der Waals surface area contributed by atoms with Gasteiger partial charge in [0.2, 0.25) is 5.91 Å². The molecule has 2 N–H and O–H groups in total. The third-order valence-corrected chi connectivity index (χ3v) is 5.65. The van der Waals surface area contributed by atoms with Crippen LogP contribution < -0.4 is 5.73 Å². The minimum absolute atomic E-state index is 0.165. The molecule has 1 aromatic rings. The Kier molecular flexibility index (Phi) is 5.01. The standard InChI is InChI=1S/C16H21N5OS/c17-8-12-9-19-16(20-15(12)18)23-10-14(22)21-7-3-5-11-4-1-2-6-13(11)21/h9,11,13H,1-7,10H2,(H2,18,19,20)/t11-,13-/m0/s1. The van der Waals surface area contributed by atoms with Gasteiger partial charge in [-0.05, 0) is 31.6 Å². The number of carbonyl (C=O) groups excluding carboxylic acids is 1. The van der Waals surface area contributed by atoms with Crippen LogP contribution in [0.4, 0.5) is 5.82 Å². The van der Waals surface area contributed by atoms with Crippen molar-refractivity contribution in [2.75, 3.05) is 18.0 Å². The Labute approximate surface area is 140 Å². The predicted molar refractivity (Wildman–Crippen MR) is 88.6 cm³/mol. The Hall–Kier alpha value is -1.81. The van der Waals surface area contributed by atoms with Gasteiger partial charge in [-0.1, -0.05) is 24.6 Å². The first-order valence-electron chi connectivity index (χ1n) is 8.14. The highest BCUT2D eigenvalue weighted by Gasteiger charge is 2.35. The van der Waals surface area contributed by atoms with Crippen LogP contribution in [0.25, 0.3) is 0 Å². The number of anilines is 1. The topological polar surface area (TPSA) is 95.9 Å². The summed E-state index contributed by atoms with van der Waals surface area (Å²) in [5.41, 5.74) is 5.95. The second kappa shape index (κ2) is 7.18. The highest BCUT2D eigenvalue weighted by Crippen LogP contribution is 2.35. The minimum Gasteiger partial charge on any atom is -0.382 e. The van der Waals surface area contributed by atoms with Crippen molar-refractivity contribution in [1.82, 2.24) is 14.9 Å². The third kappa shape index (κ3) is 3.58. The van der Waals surface area contributed by atoms with E-state index in [0.717, 1.165) is 19.4 Å². The maximum atomic E-state index is 12.6. The number of nitrogen functional groups attached to an aromatic ring is 1. The second-order valence-corrected chi connectivity index (χ2v) is 7.14. The Morgan fingerprint density at radius 1 is 1.39 bits per heavy atom. The number of carbonyl (C=O) groups is 1. The molecule has 1 saturated carbocycles. The molecule has 2 aliphatic rings. The zero-order valence-electron chi connectivity index (χ0n) is 13.1. The SMILES string of the molecule is N#Cc1cnc(SCC(=O)N2CCC[C@@H]3CCCC[C@@H]32)nc1N. The molecule has 0 aromatic carbocycles. The van der Waals surface area contributed by atoms with E-state index in [-0.39, 0.29) is 17.3 Å². The number of piperidine rings is 1. The van der Waals surface area contributed by atoms with Gasteiger partial charge in [0.15, 0.2) is 5.16 Å². The van der Waals surface area contributed by atoms with Crippen molar-refractivity contribution in [1.29, 1.82) is 5.26 Å². The van der Waals surface area contributed by atoms with Crippen LogP contribution in [0.1, 0.15) is 44.1 Å². The van der Waals surface area contributed by atoms with Gasteiger partial charge in [-0.25, -0.2) is 9.97 Å². The maximum absolute atomic E-state index is 12.6. The fourth-order valence-electron chi connectivity index (χ4n) is 3.68. The number of amides is 1. The molecule has 1 aliphatic carbocycles. The third-order valence-electron chi connectivity index (χ3n) is 4.80. The average molecular weight is 331 g/mol. The quantitative estimate of drug-likeness (QED) is 0.674. The average Bonchev–Trinajstić information content (AvgIpc) is 2.59. The van der Waals surface area contributed by atoms with Crippen molar-refractivity contribution in [2.45, 2.75) is 49.7 Å². The Bertz CT molecular complexity index is 627. The molecule has 1 aliphatic heterocycles. The molecule has 1 amide bonds. The molecule has 2 atom stereocenters. The summed E-state index contributed by atoms with van der Waals surface area (Å²) in [7, 11) is 0. The van der Waals surface area contributed by atoms with E-state index in [1.54, 1.807) is 0 Å². The Morgan fingerprint density at radius 3 is 2.96 bits per heavy atom. The summed E-state index contributed by atoms with van der Waals surface area (Å²) in [5.74, 6) is 1.35. The van der Waals surface area contributed by atoms with Gasteiger partial charge in [-0.3, -0.25) is 4.79 Å². The molecule has 2 heterocycles. The highest BCUT2D eigenvalue weighted by molar-refractivity contribution is 7.99. The summed E-state index contributed by atoms with van der Waals surface area (Å²) in [6, 6.07) is 2.36. The molecule has 0 spiro atoms. The van der Waals surface area contributed by atoms with Crippen molar-refractivity contribution in [3.63, 3.8) is 0 Å². The molecule has 6 nitrogen and oxygen atoms in total. The first kappa shape index (κ1) is 16.1. The summed E-state index contributed by atoms with van der Waals surface area (Å²) >= 11 is 1.29. The van der Waals surface area contributed by atoms with Crippen LogP contribution in [-0.2, 0) is 4.79 Å². The smallest absolute Gasteiger partial charge is 0.233 e. The van der Waals surface area contributed by atoms with Crippen molar-refractivity contribution < 1.29 is 4.79 Å². The van der Waals surface area contributed by atoms with Gasteiger partial charge in [0.05, 0.1) is 11.9 Å². The normalized spacial score (nSPS) is 23.9. The van der Waals surface area contributed by atoms with Crippen LogP contribution in [0.3, 0.4) is 0 Å². The molecule has 23 heavy (non-hydrogen) atoms. The van der Waals surface area contributed by atoms with E-state index < -0.39 is 0 Å². The van der Waals surface area contributed by atoms with Crippen molar-refractivity contribution in [3.8, 4) is 6.07 Å². The Balaban J connectivity index is 1.60. The van der Waals surface area contributed by atoms with Gasteiger partial charge < -0.3 is 10.6 Å². The molecule has 1 aromatic heterocycles. The molecule has 122 valence electrons. The first-order chi connectivity index (χ1) is 11.2. The Morgan fingerprint density at radius 2 is 2.17 bits per heavy atom. The summed E-state index contributed by atoms with van der Waals surface area (Å²) in [4.78, 5) is 22.8. The minimum atomic E-state index is 0.165. The number of aromatic nitrogens is 2. The van der Waals surface area contributed by atoms with Crippen LogP contribution >= 0.6 is 11.8 Å². The molecule has 7 heteroatoms. The predicted octanol–water partition coefficient (Wildman–Crippen LogP) is 2.20. The largest absolute Gasteiger partial charge is 0.382 e. The van der Waals surface area contributed by atoms with E-state index in [2.05, 4.69) is 14.9 Å². The van der Waals surface area contributed by atoms with Crippen molar-refractivity contribution >= 4 is 23.5 Å². The van der Waals surface area contributed by atoms with Gasteiger partial charge in [0, 0.05) is 12.6 Å². The summed E-state index contributed by atoms with van der Waals surface area (Å²) in [6.45, 7) is 0.872. The van der Waals surface area contributed by atoms with Gasteiger partial charge in [-0.2, -0.15) is 5.26 Å². The van der Waals surface area contributed by atoms with Crippen molar-refractivity contribution in [3.05, 3.63) is 11.8 Å². The van der Waals surface area contributed by atoms with E-state index in [1.165, 1.54) is 43.6 Å². The number of nitrogens with two attached hydrogens (primary N) is 1. The van der Waals surface area contributed by atoms with E-state index in [1.807, 2.05) is 6.07 Å². The lowest BCUT2D eigenvalue weighted by Crippen LogP contribution is -2.50. The highest BCUT2D eigenvalue weighted by atomic mass is 32.2. The number of likely N-dealkylation sites (tertiary alicyclic amines) is 1. The van der Waals surface area contributed by atoms with E-state index in [4.69, 9.17) is 11.0 Å². The molecule has 0 radical (unpaired) electrons. The summed E-state index contributed by atoms with van der Waals surface area (Å²) in [5, 5.41) is 9.28. The summed E-state index contributed by atoms with van der Waals surface area (Å²) in [6.07, 6.45) is 8.71. The molecule has 1 saturated heterocycles. The monoisotopic (exact) mass is 331 g/mol. The lowest BCUT2D eigenvalue weighted by Gasteiger charge is -2.44. The van der Waals surface area contributed by atoms with E-state index >= 15 is 0 Å². The van der Waals surface area contributed by atoms with Gasteiger partial charge >= 0.3 is 0 Å². The van der Waals surface area contributed by atoms with Crippen LogP contribution in [0.5, 0.6) is 0 Å². The van der Waals surface area contributed by atoms with E-state index in [9.17, 15) is 4.79 Å². The lowest BCUT2D eigenvalue weighted by atomic mass is 9.78. The second-order valence-electron chi connectivity index (χ2n) is 6.19. The molecule has 0 bridgehead atoms. The number of nitrogens with zero attached hydrogens (tertiary/aromatic N) is 4. The van der Waals surface area contributed by atoms with Crippen molar-refractivity contribution in [2.24, 2.45) is 5.92 Å². The van der Waals surface area contributed by atoms with E-state index in [0.29, 0.717) is 22.9 Å². The van der Waals surface area contributed by atoms with Crippen LogP contribution in [0.2, 0.25) is 0 Å². The first-order valence-corrected chi connectivity index (χ1v) is 9.12. The number of hydrogen-bond donors (Lipinski definition) is 1. The van der Waals surface area contributed by atoms with Gasteiger partial charge in [0.1, 0.15) is 17.5 Å². The van der Waals surface area contributed by atoms with Crippen LogP contribution in [0, 0.1) is 17.2 Å². The molecule has 3 rings (SSSR count).